The SMILES string of the molecule is Cc1ccc2nc(CN3CCC(C(N)=O)CC3)[nH]c2c1. The van der Waals surface area contributed by atoms with Gasteiger partial charge in [0.1, 0.15) is 5.82 Å². The minimum absolute atomic E-state index is 0.0459. The van der Waals surface area contributed by atoms with E-state index in [2.05, 4.69) is 33.9 Å². The lowest BCUT2D eigenvalue weighted by molar-refractivity contribution is -0.123. The highest BCUT2D eigenvalue weighted by Gasteiger charge is 2.23. The fourth-order valence-corrected chi connectivity index (χ4v) is 2.84. The van der Waals surface area contributed by atoms with Crippen molar-refractivity contribution in [1.29, 1.82) is 0 Å². The summed E-state index contributed by atoms with van der Waals surface area (Å²) in [7, 11) is 0. The Morgan fingerprint density at radius 2 is 2.20 bits per heavy atom. The minimum Gasteiger partial charge on any atom is -0.369 e. The summed E-state index contributed by atoms with van der Waals surface area (Å²) in [5.74, 6) is 0.872. The summed E-state index contributed by atoms with van der Waals surface area (Å²) < 4.78 is 0. The number of nitrogens with two attached hydrogens (primary N) is 1. The number of fused-ring (bicyclic) bond motifs is 1. The molecule has 5 nitrogen and oxygen atoms in total. The highest BCUT2D eigenvalue weighted by molar-refractivity contribution is 5.77. The number of hydrogen-bond donors (Lipinski definition) is 2. The zero-order valence-corrected chi connectivity index (χ0v) is 11.7. The predicted octanol–water partition coefficient (Wildman–Crippen LogP) is 1.57. The van der Waals surface area contributed by atoms with Crippen LogP contribution in [-0.2, 0) is 11.3 Å². The molecule has 2 aromatic rings. The Kier molecular flexibility index (Phi) is 3.44. The van der Waals surface area contributed by atoms with E-state index in [4.69, 9.17) is 5.73 Å². The Morgan fingerprint density at radius 3 is 2.90 bits per heavy atom. The number of H-pyrrole nitrogens is 1. The number of carbonyl (C=O) groups excluding carboxylic acids is 1. The van der Waals surface area contributed by atoms with Gasteiger partial charge in [0.05, 0.1) is 17.6 Å². The molecule has 3 N–H and O–H groups in total. The van der Waals surface area contributed by atoms with Gasteiger partial charge < -0.3 is 10.7 Å². The first-order chi connectivity index (χ1) is 9.61. The van der Waals surface area contributed by atoms with Gasteiger partial charge >= 0.3 is 0 Å². The Hall–Kier alpha value is -1.88. The largest absolute Gasteiger partial charge is 0.369 e. The van der Waals surface area contributed by atoms with Crippen LogP contribution in [0.2, 0.25) is 0 Å². The van der Waals surface area contributed by atoms with E-state index in [-0.39, 0.29) is 11.8 Å². The third-order valence-electron chi connectivity index (χ3n) is 4.05. The minimum atomic E-state index is -0.163. The van der Waals surface area contributed by atoms with Crippen LogP contribution in [0.4, 0.5) is 0 Å². The number of nitrogens with one attached hydrogen (secondary N) is 1. The van der Waals surface area contributed by atoms with Gasteiger partial charge in [-0.25, -0.2) is 4.98 Å². The molecular weight excluding hydrogens is 252 g/mol. The topological polar surface area (TPSA) is 75.0 Å². The van der Waals surface area contributed by atoms with E-state index >= 15 is 0 Å². The maximum Gasteiger partial charge on any atom is 0.220 e. The van der Waals surface area contributed by atoms with E-state index < -0.39 is 0 Å². The monoisotopic (exact) mass is 272 g/mol. The molecule has 1 saturated heterocycles. The molecule has 3 rings (SSSR count). The van der Waals surface area contributed by atoms with Crippen molar-refractivity contribution in [1.82, 2.24) is 14.9 Å². The molecule has 0 aliphatic carbocycles. The Morgan fingerprint density at radius 1 is 1.45 bits per heavy atom. The lowest BCUT2D eigenvalue weighted by Crippen LogP contribution is -2.38. The number of amides is 1. The van der Waals surface area contributed by atoms with Gasteiger partial charge in [0, 0.05) is 5.92 Å². The first-order valence-electron chi connectivity index (χ1n) is 7.09. The quantitative estimate of drug-likeness (QED) is 0.890. The van der Waals surface area contributed by atoms with Gasteiger partial charge in [-0.15, -0.1) is 0 Å². The average Bonchev–Trinajstić information content (AvgIpc) is 2.80. The second-order valence-electron chi connectivity index (χ2n) is 5.66. The van der Waals surface area contributed by atoms with Gasteiger partial charge in [0.25, 0.3) is 0 Å². The van der Waals surface area contributed by atoms with Gasteiger partial charge in [-0.05, 0) is 50.6 Å². The van der Waals surface area contributed by atoms with Crippen LogP contribution in [0.25, 0.3) is 11.0 Å². The lowest BCUT2D eigenvalue weighted by atomic mass is 9.96. The number of carbonyl (C=O) groups is 1. The van der Waals surface area contributed by atoms with E-state index in [0.29, 0.717) is 0 Å². The summed E-state index contributed by atoms with van der Waals surface area (Å²) >= 11 is 0. The van der Waals surface area contributed by atoms with Crippen molar-refractivity contribution in [3.63, 3.8) is 0 Å². The van der Waals surface area contributed by atoms with E-state index in [1.54, 1.807) is 0 Å². The molecule has 5 heteroatoms. The highest BCUT2D eigenvalue weighted by Crippen LogP contribution is 2.19. The average molecular weight is 272 g/mol. The fourth-order valence-electron chi connectivity index (χ4n) is 2.84. The van der Waals surface area contributed by atoms with Crippen molar-refractivity contribution < 1.29 is 4.79 Å². The second-order valence-corrected chi connectivity index (χ2v) is 5.66. The van der Waals surface area contributed by atoms with Crippen LogP contribution in [0, 0.1) is 12.8 Å². The smallest absolute Gasteiger partial charge is 0.220 e. The number of benzene rings is 1. The summed E-state index contributed by atoms with van der Waals surface area (Å²) in [6.07, 6.45) is 1.71. The normalized spacial score (nSPS) is 17.6. The summed E-state index contributed by atoms with van der Waals surface area (Å²) in [6, 6.07) is 6.24. The van der Waals surface area contributed by atoms with Crippen molar-refractivity contribution in [3.05, 3.63) is 29.6 Å². The fraction of sp³-hybridized carbons (Fsp3) is 0.467. The Bertz CT molecular complexity index is 626. The summed E-state index contributed by atoms with van der Waals surface area (Å²) in [5.41, 5.74) is 8.69. The third kappa shape index (κ3) is 2.67. The molecule has 0 saturated carbocycles. The zero-order chi connectivity index (χ0) is 14.1. The molecule has 2 heterocycles. The summed E-state index contributed by atoms with van der Waals surface area (Å²) in [6.45, 7) is 4.70. The number of aryl methyl sites for hydroxylation is 1. The molecule has 0 radical (unpaired) electrons. The van der Waals surface area contributed by atoms with E-state index in [1.165, 1.54) is 5.56 Å². The molecule has 0 atom stereocenters. The molecular formula is C15H20N4O. The lowest BCUT2D eigenvalue weighted by Gasteiger charge is -2.29. The zero-order valence-electron chi connectivity index (χ0n) is 11.7. The van der Waals surface area contributed by atoms with E-state index in [9.17, 15) is 4.79 Å². The molecule has 0 spiro atoms. The van der Waals surface area contributed by atoms with Crippen LogP contribution in [0.3, 0.4) is 0 Å². The van der Waals surface area contributed by atoms with Crippen molar-refractivity contribution in [2.75, 3.05) is 13.1 Å². The first kappa shape index (κ1) is 13.1. The number of likely N-dealkylation sites (tertiary alicyclic amines) is 1. The predicted molar refractivity (Wildman–Crippen MR) is 78.0 cm³/mol. The number of aromatic amines is 1. The van der Waals surface area contributed by atoms with Gasteiger partial charge in [-0.2, -0.15) is 0 Å². The van der Waals surface area contributed by atoms with Crippen LogP contribution >= 0.6 is 0 Å². The van der Waals surface area contributed by atoms with Crippen LogP contribution in [0.5, 0.6) is 0 Å². The second kappa shape index (κ2) is 5.25. The number of hydrogen-bond acceptors (Lipinski definition) is 3. The van der Waals surface area contributed by atoms with Crippen LogP contribution in [0.1, 0.15) is 24.2 Å². The van der Waals surface area contributed by atoms with Crippen LogP contribution in [-0.4, -0.2) is 33.9 Å². The molecule has 1 aliphatic rings. The van der Waals surface area contributed by atoms with Gasteiger partial charge in [0.2, 0.25) is 5.91 Å². The highest BCUT2D eigenvalue weighted by atomic mass is 16.1. The molecule has 1 aliphatic heterocycles. The summed E-state index contributed by atoms with van der Waals surface area (Å²) in [4.78, 5) is 21.5. The Labute approximate surface area is 118 Å². The van der Waals surface area contributed by atoms with Crippen molar-refractivity contribution in [2.45, 2.75) is 26.3 Å². The maximum absolute atomic E-state index is 11.2. The number of imidazole rings is 1. The number of aromatic nitrogens is 2. The van der Waals surface area contributed by atoms with Gasteiger partial charge in [-0.3, -0.25) is 9.69 Å². The summed E-state index contributed by atoms with van der Waals surface area (Å²) in [5, 5.41) is 0. The van der Waals surface area contributed by atoms with Gasteiger partial charge in [-0.1, -0.05) is 6.07 Å². The molecule has 106 valence electrons. The molecule has 1 aromatic carbocycles. The maximum atomic E-state index is 11.2. The number of rotatable bonds is 3. The molecule has 0 bridgehead atoms. The third-order valence-corrected chi connectivity index (χ3v) is 4.05. The molecule has 0 unspecified atom stereocenters. The van der Waals surface area contributed by atoms with Gasteiger partial charge in [0.15, 0.2) is 0 Å². The van der Waals surface area contributed by atoms with Crippen LogP contribution in [0.15, 0.2) is 18.2 Å². The molecule has 1 fully saturated rings. The first-order valence-corrected chi connectivity index (χ1v) is 7.09. The number of piperidine rings is 1. The number of primary amides is 1. The number of nitrogens with zero attached hydrogens (tertiary/aromatic N) is 2. The van der Waals surface area contributed by atoms with E-state index in [0.717, 1.165) is 49.3 Å². The van der Waals surface area contributed by atoms with Crippen molar-refractivity contribution in [3.8, 4) is 0 Å². The molecule has 1 amide bonds. The standard InChI is InChI=1S/C15H20N4O/c1-10-2-3-12-13(8-10)18-14(17-12)9-19-6-4-11(5-7-19)15(16)20/h2-3,8,11H,4-7,9H2,1H3,(H2,16,20)(H,17,18). The van der Waals surface area contributed by atoms with Crippen molar-refractivity contribution >= 4 is 16.9 Å². The van der Waals surface area contributed by atoms with Crippen LogP contribution < -0.4 is 5.73 Å². The Balaban J connectivity index is 1.66. The van der Waals surface area contributed by atoms with Crippen molar-refractivity contribution in [2.24, 2.45) is 11.7 Å². The molecule has 20 heavy (non-hydrogen) atoms. The van der Waals surface area contributed by atoms with E-state index in [1.807, 2.05) is 6.07 Å². The molecule has 1 aromatic heterocycles.